The van der Waals surface area contributed by atoms with Crippen LogP contribution in [-0.4, -0.2) is 32.8 Å². The highest BCUT2D eigenvalue weighted by atomic mass is 32.2. The Hall–Kier alpha value is -1.03. The van der Waals surface area contributed by atoms with Crippen LogP contribution >= 0.6 is 11.8 Å². The fourth-order valence-corrected chi connectivity index (χ4v) is 2.04. The van der Waals surface area contributed by atoms with Gasteiger partial charge in [-0.25, -0.2) is 0 Å². The lowest BCUT2D eigenvalue weighted by Crippen LogP contribution is -2.03. The first kappa shape index (κ1) is 14.0. The van der Waals surface area contributed by atoms with Crippen LogP contribution in [0, 0.1) is 0 Å². The Balaban J connectivity index is 2.49. The van der Waals surface area contributed by atoms with Gasteiger partial charge in [0.15, 0.2) is 0 Å². The summed E-state index contributed by atoms with van der Waals surface area (Å²) in [7, 11) is 3.35. The second-order valence-electron chi connectivity index (χ2n) is 3.69. The van der Waals surface area contributed by atoms with Gasteiger partial charge in [0.1, 0.15) is 11.5 Å². The van der Waals surface area contributed by atoms with E-state index in [9.17, 15) is 0 Å². The second-order valence-corrected chi connectivity index (χ2v) is 4.68. The van der Waals surface area contributed by atoms with Crippen LogP contribution in [0.4, 0.5) is 5.69 Å². The molecule has 0 saturated carbocycles. The van der Waals surface area contributed by atoms with Gasteiger partial charge in [-0.15, -0.1) is 0 Å². The summed E-state index contributed by atoms with van der Waals surface area (Å²) in [5.41, 5.74) is 0.996. The van der Waals surface area contributed by atoms with Crippen molar-refractivity contribution in [2.24, 2.45) is 0 Å². The van der Waals surface area contributed by atoms with E-state index in [1.165, 1.54) is 18.6 Å². The maximum absolute atomic E-state index is 5.30. The zero-order valence-corrected chi connectivity index (χ0v) is 11.6. The molecular weight excluding hydrogens is 234 g/mol. The van der Waals surface area contributed by atoms with Gasteiger partial charge < -0.3 is 14.8 Å². The molecule has 1 aromatic rings. The molecular formula is C13H21NO2S. The van der Waals surface area contributed by atoms with Gasteiger partial charge >= 0.3 is 0 Å². The molecule has 1 aromatic carbocycles. The third-order valence-corrected chi connectivity index (χ3v) is 3.19. The molecule has 0 aliphatic heterocycles. The third-order valence-electron chi connectivity index (χ3n) is 2.50. The molecule has 3 nitrogen and oxygen atoms in total. The minimum absolute atomic E-state index is 0.845. The first-order valence-corrected chi connectivity index (χ1v) is 7.16. The molecule has 0 aromatic heterocycles. The fraction of sp³-hybridized carbons (Fsp3) is 0.538. The van der Waals surface area contributed by atoms with Crippen LogP contribution in [0.5, 0.6) is 11.5 Å². The van der Waals surface area contributed by atoms with Crippen molar-refractivity contribution in [2.45, 2.75) is 12.8 Å². The second kappa shape index (κ2) is 8.12. The van der Waals surface area contributed by atoms with Gasteiger partial charge in [0.2, 0.25) is 0 Å². The molecule has 17 heavy (non-hydrogen) atoms. The maximum Gasteiger partial charge on any atom is 0.142 e. The molecule has 1 rings (SSSR count). The van der Waals surface area contributed by atoms with E-state index in [0.29, 0.717) is 0 Å². The average molecular weight is 255 g/mol. The van der Waals surface area contributed by atoms with Crippen molar-refractivity contribution in [3.8, 4) is 11.5 Å². The standard InChI is InChI=1S/C13H21NO2S/c1-15-11-6-7-13(16-2)12(10-11)14-8-4-5-9-17-3/h6-7,10,14H,4-5,8-9H2,1-3H3. The van der Waals surface area contributed by atoms with E-state index in [4.69, 9.17) is 9.47 Å². The number of benzene rings is 1. The van der Waals surface area contributed by atoms with Crippen LogP contribution in [0.3, 0.4) is 0 Å². The van der Waals surface area contributed by atoms with Gasteiger partial charge in [-0.05, 0) is 37.0 Å². The summed E-state index contributed by atoms with van der Waals surface area (Å²) in [5.74, 6) is 2.92. The van der Waals surface area contributed by atoms with E-state index >= 15 is 0 Å². The van der Waals surface area contributed by atoms with Crippen LogP contribution in [0.2, 0.25) is 0 Å². The van der Waals surface area contributed by atoms with Crippen molar-refractivity contribution in [1.29, 1.82) is 0 Å². The molecule has 0 unspecified atom stereocenters. The third kappa shape index (κ3) is 4.77. The zero-order valence-electron chi connectivity index (χ0n) is 10.8. The van der Waals surface area contributed by atoms with Crippen LogP contribution in [0.25, 0.3) is 0 Å². The van der Waals surface area contributed by atoms with Crippen LogP contribution in [0.15, 0.2) is 18.2 Å². The molecule has 0 fully saturated rings. The van der Waals surface area contributed by atoms with Crippen molar-refractivity contribution in [1.82, 2.24) is 0 Å². The maximum atomic E-state index is 5.30. The minimum Gasteiger partial charge on any atom is -0.497 e. The lowest BCUT2D eigenvalue weighted by atomic mass is 10.2. The van der Waals surface area contributed by atoms with Gasteiger partial charge in [0.05, 0.1) is 19.9 Å². The Morgan fingerprint density at radius 1 is 1.18 bits per heavy atom. The van der Waals surface area contributed by atoms with Crippen molar-refractivity contribution in [3.05, 3.63) is 18.2 Å². The zero-order chi connectivity index (χ0) is 12.5. The van der Waals surface area contributed by atoms with E-state index in [2.05, 4.69) is 11.6 Å². The number of nitrogens with one attached hydrogen (secondary N) is 1. The van der Waals surface area contributed by atoms with Crippen LogP contribution < -0.4 is 14.8 Å². The van der Waals surface area contributed by atoms with E-state index < -0.39 is 0 Å². The van der Waals surface area contributed by atoms with Crippen molar-refractivity contribution in [3.63, 3.8) is 0 Å². The molecule has 0 amide bonds. The molecule has 0 aliphatic rings. The minimum atomic E-state index is 0.845. The summed E-state index contributed by atoms with van der Waals surface area (Å²) < 4.78 is 10.5. The van der Waals surface area contributed by atoms with Crippen molar-refractivity contribution >= 4 is 17.4 Å². The average Bonchev–Trinajstić information content (AvgIpc) is 2.38. The number of rotatable bonds is 8. The van der Waals surface area contributed by atoms with Crippen LogP contribution in [0.1, 0.15) is 12.8 Å². The summed E-state index contributed by atoms with van der Waals surface area (Å²) >= 11 is 1.89. The molecule has 4 heteroatoms. The summed E-state index contributed by atoms with van der Waals surface area (Å²) in [6.45, 7) is 0.962. The van der Waals surface area contributed by atoms with Gasteiger partial charge in [-0.1, -0.05) is 0 Å². The number of thioether (sulfide) groups is 1. The number of methoxy groups -OCH3 is 2. The largest absolute Gasteiger partial charge is 0.497 e. The number of hydrogen-bond donors (Lipinski definition) is 1. The van der Waals surface area contributed by atoms with Gasteiger partial charge in [0, 0.05) is 12.6 Å². The molecule has 1 N–H and O–H groups in total. The summed E-state index contributed by atoms with van der Waals surface area (Å²) in [4.78, 5) is 0. The summed E-state index contributed by atoms with van der Waals surface area (Å²) in [6, 6.07) is 5.79. The first-order valence-electron chi connectivity index (χ1n) is 5.76. The molecule has 0 heterocycles. The number of hydrogen-bond acceptors (Lipinski definition) is 4. The van der Waals surface area contributed by atoms with Gasteiger partial charge in [-0.3, -0.25) is 0 Å². The Morgan fingerprint density at radius 2 is 2.00 bits per heavy atom. The first-order chi connectivity index (χ1) is 8.31. The smallest absolute Gasteiger partial charge is 0.142 e. The normalized spacial score (nSPS) is 10.1. The highest BCUT2D eigenvalue weighted by Gasteiger charge is 2.03. The van der Waals surface area contributed by atoms with E-state index in [1.807, 2.05) is 30.0 Å². The Bertz CT molecular complexity index is 331. The predicted octanol–water partition coefficient (Wildman–Crippen LogP) is 3.26. The highest BCUT2D eigenvalue weighted by molar-refractivity contribution is 7.98. The molecule has 0 atom stereocenters. The molecule has 0 spiro atoms. The SMILES string of the molecule is COc1ccc(OC)c(NCCCCSC)c1. The van der Waals surface area contributed by atoms with Crippen molar-refractivity contribution in [2.75, 3.05) is 38.1 Å². The number of ether oxygens (including phenoxy) is 2. The van der Waals surface area contributed by atoms with Gasteiger partial charge in [0.25, 0.3) is 0 Å². The Labute approximate surface area is 108 Å². The Morgan fingerprint density at radius 3 is 2.65 bits per heavy atom. The summed E-state index contributed by atoms with van der Waals surface area (Å²) in [6.07, 6.45) is 4.54. The summed E-state index contributed by atoms with van der Waals surface area (Å²) in [5, 5.41) is 3.38. The van der Waals surface area contributed by atoms with Gasteiger partial charge in [-0.2, -0.15) is 11.8 Å². The molecule has 0 bridgehead atoms. The van der Waals surface area contributed by atoms with E-state index in [-0.39, 0.29) is 0 Å². The Kier molecular flexibility index (Phi) is 6.70. The van der Waals surface area contributed by atoms with Crippen LogP contribution in [-0.2, 0) is 0 Å². The molecule has 96 valence electrons. The quantitative estimate of drug-likeness (QED) is 0.722. The highest BCUT2D eigenvalue weighted by Crippen LogP contribution is 2.28. The topological polar surface area (TPSA) is 30.5 Å². The molecule has 0 aliphatic carbocycles. The van der Waals surface area contributed by atoms with E-state index in [1.54, 1.807) is 14.2 Å². The predicted molar refractivity (Wildman–Crippen MR) is 75.7 cm³/mol. The number of anilines is 1. The monoisotopic (exact) mass is 255 g/mol. The molecule has 0 radical (unpaired) electrons. The number of unbranched alkanes of at least 4 members (excludes halogenated alkanes) is 1. The van der Waals surface area contributed by atoms with E-state index in [0.717, 1.165) is 23.7 Å². The molecule has 0 saturated heterocycles. The lowest BCUT2D eigenvalue weighted by Gasteiger charge is -2.12. The van der Waals surface area contributed by atoms with Crippen molar-refractivity contribution < 1.29 is 9.47 Å². The fourth-order valence-electron chi connectivity index (χ4n) is 1.55. The lowest BCUT2D eigenvalue weighted by molar-refractivity contribution is 0.404.